The van der Waals surface area contributed by atoms with Crippen LogP contribution in [-0.4, -0.2) is 10.9 Å². The monoisotopic (exact) mass is 439 g/mol. The molecule has 0 amide bonds. The summed E-state index contributed by atoms with van der Waals surface area (Å²) in [5.41, 5.74) is 4.29. The number of hydrogen-bond donors (Lipinski definition) is 1. The fourth-order valence-corrected chi connectivity index (χ4v) is 11.5. The maximum atomic E-state index is 9.74. The van der Waals surface area contributed by atoms with Gasteiger partial charge in [-0.05, 0) is 122 Å². The Hall–Kier alpha value is -0.790. The fourth-order valence-electron chi connectivity index (χ4n) is 11.5. The van der Waals surface area contributed by atoms with Gasteiger partial charge in [-0.25, -0.2) is 0 Å². The van der Waals surface area contributed by atoms with Gasteiger partial charge in [-0.2, -0.15) is 0 Å². The molecule has 1 N–H and O–H groups in total. The topological polar surface area (TPSA) is 32.6 Å². The highest BCUT2D eigenvalue weighted by Crippen LogP contribution is 2.77. The molecule has 0 saturated heterocycles. The smallest absolute Gasteiger partial charge is 0.0630 e. The number of rotatable bonds is 1. The molecule has 0 radical (unpaired) electrons. The number of nitrogens with zero attached hydrogens (tertiary/aromatic N) is 1. The zero-order chi connectivity index (χ0) is 23.3. The van der Waals surface area contributed by atoms with Crippen molar-refractivity contribution in [3.63, 3.8) is 0 Å². The SMILES string of the molecule is C=C(C)[C@@H]1CC[C@]2(C)CC[C@]3(C)[C@H](CC[C@H]4[C@@]5(C)CC/C(=N\O)C(C)(C)[C@@H]5CC[C@]43C)[C@@H]12. The zero-order valence-corrected chi connectivity index (χ0v) is 22.1. The van der Waals surface area contributed by atoms with Gasteiger partial charge in [0.2, 0.25) is 0 Å². The molecular weight excluding hydrogens is 390 g/mol. The molecule has 0 aromatic carbocycles. The van der Waals surface area contributed by atoms with Gasteiger partial charge in [0.05, 0.1) is 5.71 Å². The molecule has 2 nitrogen and oxygen atoms in total. The normalized spacial score (nSPS) is 55.5. The van der Waals surface area contributed by atoms with E-state index in [1.54, 1.807) is 0 Å². The van der Waals surface area contributed by atoms with Gasteiger partial charge < -0.3 is 5.21 Å². The minimum absolute atomic E-state index is 0.0163. The van der Waals surface area contributed by atoms with E-state index in [2.05, 4.69) is 60.2 Å². The summed E-state index contributed by atoms with van der Waals surface area (Å²) in [6.07, 6.45) is 13.3. The summed E-state index contributed by atoms with van der Waals surface area (Å²) in [7, 11) is 0. The lowest BCUT2D eigenvalue weighted by molar-refractivity contribution is -0.226. The van der Waals surface area contributed by atoms with Crippen molar-refractivity contribution in [2.24, 2.45) is 61.8 Å². The average Bonchev–Trinajstić information content (AvgIpc) is 3.06. The lowest BCUT2D eigenvalue weighted by Crippen LogP contribution is -2.66. The Balaban J connectivity index is 1.54. The van der Waals surface area contributed by atoms with Crippen LogP contribution in [0, 0.1) is 56.7 Å². The van der Waals surface area contributed by atoms with E-state index in [1.165, 1.54) is 63.4 Å². The van der Waals surface area contributed by atoms with Crippen molar-refractivity contribution >= 4 is 5.71 Å². The van der Waals surface area contributed by atoms with E-state index in [0.717, 1.165) is 35.8 Å². The lowest BCUT2D eigenvalue weighted by atomic mass is 9.32. The first kappa shape index (κ1) is 23.0. The van der Waals surface area contributed by atoms with Gasteiger partial charge in [0.25, 0.3) is 0 Å². The summed E-state index contributed by atoms with van der Waals surface area (Å²) in [5.74, 6) is 3.88. The summed E-state index contributed by atoms with van der Waals surface area (Å²) < 4.78 is 0. The third-order valence-electron chi connectivity index (χ3n) is 13.4. The Bertz CT molecular complexity index is 842. The molecule has 9 atom stereocenters. The molecule has 5 rings (SSSR count). The van der Waals surface area contributed by atoms with Crippen LogP contribution >= 0.6 is 0 Å². The molecule has 0 aromatic rings. The molecular formula is C30H49NO. The number of oxime groups is 1. The average molecular weight is 440 g/mol. The van der Waals surface area contributed by atoms with Gasteiger partial charge in [-0.1, -0.05) is 58.9 Å². The number of fused-ring (bicyclic) bond motifs is 7. The van der Waals surface area contributed by atoms with E-state index >= 15 is 0 Å². The van der Waals surface area contributed by atoms with Crippen molar-refractivity contribution in [1.29, 1.82) is 0 Å². The molecule has 5 saturated carbocycles. The predicted molar refractivity (Wildman–Crippen MR) is 134 cm³/mol. The predicted octanol–water partition coefficient (Wildman–Crippen LogP) is 8.49. The van der Waals surface area contributed by atoms with Crippen molar-refractivity contribution in [2.75, 3.05) is 0 Å². The van der Waals surface area contributed by atoms with Gasteiger partial charge >= 0.3 is 0 Å². The van der Waals surface area contributed by atoms with Crippen LogP contribution in [0.25, 0.3) is 0 Å². The molecule has 0 aliphatic heterocycles. The number of hydrogen-bond acceptors (Lipinski definition) is 2. The van der Waals surface area contributed by atoms with E-state index < -0.39 is 0 Å². The van der Waals surface area contributed by atoms with E-state index in [1.807, 2.05) is 0 Å². The first-order chi connectivity index (χ1) is 14.8. The first-order valence-electron chi connectivity index (χ1n) is 13.7. The van der Waals surface area contributed by atoms with Crippen LogP contribution < -0.4 is 0 Å². The molecule has 0 spiro atoms. The van der Waals surface area contributed by atoms with E-state index in [9.17, 15) is 5.21 Å². The highest BCUT2D eigenvalue weighted by atomic mass is 16.4. The van der Waals surface area contributed by atoms with Gasteiger partial charge in [0.1, 0.15) is 0 Å². The van der Waals surface area contributed by atoms with E-state index in [0.29, 0.717) is 27.6 Å². The Morgan fingerprint density at radius 3 is 2.22 bits per heavy atom. The quantitative estimate of drug-likeness (QED) is 0.248. The summed E-state index contributed by atoms with van der Waals surface area (Å²) in [6, 6.07) is 0. The summed E-state index contributed by atoms with van der Waals surface area (Å²) in [4.78, 5) is 0. The molecule has 32 heavy (non-hydrogen) atoms. The Labute approximate surface area is 197 Å². The number of allylic oxidation sites excluding steroid dienone is 1. The van der Waals surface area contributed by atoms with Crippen molar-refractivity contribution in [3.8, 4) is 0 Å². The molecule has 0 unspecified atom stereocenters. The zero-order valence-electron chi connectivity index (χ0n) is 22.1. The van der Waals surface area contributed by atoms with Gasteiger partial charge in [-0.15, -0.1) is 0 Å². The van der Waals surface area contributed by atoms with Crippen molar-refractivity contribution in [3.05, 3.63) is 12.2 Å². The van der Waals surface area contributed by atoms with Gasteiger partial charge in [-0.3, -0.25) is 0 Å². The van der Waals surface area contributed by atoms with Crippen LogP contribution in [-0.2, 0) is 0 Å². The standard InChI is InChI=1S/C30H49NO/c1-19(2)20-11-14-27(5)17-18-29(7)21(25(20)27)9-10-23-28(6)15-13-24(31-32)26(3,4)22(28)12-16-30(23,29)8/h20-23,25,32H,1,9-18H2,2-8H3/b31-24+/t20-,21+,22-,23-,25+,27+,28-,29+,30+/m0/s1. The first-order valence-corrected chi connectivity index (χ1v) is 13.7. The second-order valence-electron chi connectivity index (χ2n) is 14.6. The van der Waals surface area contributed by atoms with Crippen molar-refractivity contribution in [2.45, 2.75) is 113 Å². The largest absolute Gasteiger partial charge is 0.411 e. The lowest BCUT2D eigenvalue weighted by Gasteiger charge is -2.72. The van der Waals surface area contributed by atoms with E-state index in [4.69, 9.17) is 0 Å². The van der Waals surface area contributed by atoms with E-state index in [-0.39, 0.29) is 5.41 Å². The van der Waals surface area contributed by atoms with Crippen LogP contribution in [0.15, 0.2) is 17.3 Å². The van der Waals surface area contributed by atoms with Crippen LogP contribution in [0.1, 0.15) is 113 Å². The molecule has 5 aliphatic rings. The minimum atomic E-state index is 0.0163. The van der Waals surface area contributed by atoms with Crippen LogP contribution in [0.2, 0.25) is 0 Å². The Morgan fingerprint density at radius 1 is 0.844 bits per heavy atom. The second-order valence-corrected chi connectivity index (χ2v) is 14.6. The summed E-state index contributed by atoms with van der Waals surface area (Å²) in [6.45, 7) is 22.2. The van der Waals surface area contributed by atoms with Crippen LogP contribution in [0.3, 0.4) is 0 Å². The molecule has 0 heterocycles. The summed E-state index contributed by atoms with van der Waals surface area (Å²) >= 11 is 0. The maximum absolute atomic E-state index is 9.74. The molecule has 180 valence electrons. The highest BCUT2D eigenvalue weighted by molar-refractivity contribution is 5.90. The molecule has 5 fully saturated rings. The Morgan fingerprint density at radius 2 is 1.56 bits per heavy atom. The van der Waals surface area contributed by atoms with Crippen LogP contribution in [0.5, 0.6) is 0 Å². The van der Waals surface area contributed by atoms with Gasteiger partial charge in [0, 0.05) is 5.41 Å². The minimum Gasteiger partial charge on any atom is -0.411 e. The van der Waals surface area contributed by atoms with Crippen molar-refractivity contribution in [1.82, 2.24) is 0 Å². The Kier molecular flexibility index (Phi) is 4.94. The molecule has 0 aromatic heterocycles. The third kappa shape index (κ3) is 2.62. The third-order valence-corrected chi connectivity index (χ3v) is 13.4. The molecule has 5 aliphatic carbocycles. The van der Waals surface area contributed by atoms with Crippen molar-refractivity contribution < 1.29 is 5.21 Å². The molecule has 2 heteroatoms. The van der Waals surface area contributed by atoms with Gasteiger partial charge in [0.15, 0.2) is 0 Å². The fraction of sp³-hybridized carbons (Fsp3) is 0.900. The highest BCUT2D eigenvalue weighted by Gasteiger charge is 2.70. The second kappa shape index (κ2) is 6.88. The van der Waals surface area contributed by atoms with Crippen LogP contribution in [0.4, 0.5) is 0 Å². The molecule has 0 bridgehead atoms. The summed E-state index contributed by atoms with van der Waals surface area (Å²) in [5, 5.41) is 13.5. The maximum Gasteiger partial charge on any atom is 0.0630 e.